The Balaban J connectivity index is 2.81. The van der Waals surface area contributed by atoms with Gasteiger partial charge < -0.3 is 0 Å². The molecule has 1 atom stereocenters. The summed E-state index contributed by atoms with van der Waals surface area (Å²) in [6.45, 7) is 2.18. The Morgan fingerprint density at radius 1 is 1.36 bits per heavy atom. The van der Waals surface area contributed by atoms with E-state index in [1.54, 1.807) is 0 Å². The van der Waals surface area contributed by atoms with Crippen molar-refractivity contribution in [2.45, 2.75) is 18.2 Å². The molecule has 0 nitrogen and oxygen atoms in total. The summed E-state index contributed by atoms with van der Waals surface area (Å²) in [4.78, 5) is 0.583. The van der Waals surface area contributed by atoms with Gasteiger partial charge in [0.25, 0.3) is 0 Å². The molecule has 0 amide bonds. The molecule has 0 spiro atoms. The van der Waals surface area contributed by atoms with Gasteiger partial charge in [-0.2, -0.15) is 0 Å². The van der Waals surface area contributed by atoms with Gasteiger partial charge in [0.1, 0.15) is 0 Å². The van der Waals surface area contributed by atoms with E-state index in [9.17, 15) is 0 Å². The van der Waals surface area contributed by atoms with Crippen molar-refractivity contribution in [3.8, 4) is 0 Å². The molecule has 0 saturated carbocycles. The van der Waals surface area contributed by atoms with E-state index in [1.165, 1.54) is 5.56 Å². The minimum atomic E-state index is 0.583. The molecule has 1 rings (SSSR count). The van der Waals surface area contributed by atoms with Crippen LogP contribution in [0.3, 0.4) is 0 Å². The van der Waals surface area contributed by atoms with E-state index in [2.05, 4.69) is 35.1 Å². The number of hydrogen-bond donors (Lipinski definition) is 0. The van der Waals surface area contributed by atoms with E-state index < -0.39 is 0 Å². The number of benzene rings is 1. The van der Waals surface area contributed by atoms with Gasteiger partial charge in [-0.1, -0.05) is 0 Å². The van der Waals surface area contributed by atoms with Gasteiger partial charge in [0.05, 0.1) is 0 Å². The van der Waals surface area contributed by atoms with Gasteiger partial charge in [0, 0.05) is 0 Å². The third-order valence-electron chi connectivity index (χ3n) is 1.64. The molecule has 0 radical (unpaired) electrons. The van der Waals surface area contributed by atoms with Crippen molar-refractivity contribution in [3.63, 3.8) is 0 Å². The van der Waals surface area contributed by atoms with Crippen molar-refractivity contribution in [1.82, 2.24) is 0 Å². The Morgan fingerprint density at radius 3 is 2.36 bits per heavy atom. The van der Waals surface area contributed by atoms with E-state index in [1.807, 2.05) is 12.1 Å². The van der Waals surface area contributed by atoms with E-state index in [4.69, 9.17) is 11.6 Å². The molecule has 0 aliphatic heterocycles. The van der Waals surface area contributed by atoms with Crippen LogP contribution in [0.5, 0.6) is 0 Å². The van der Waals surface area contributed by atoms with Crippen LogP contribution in [0.1, 0.15) is 23.7 Å². The zero-order chi connectivity index (χ0) is 8.27. The molecule has 1 aromatic rings. The van der Waals surface area contributed by atoms with Crippen LogP contribution >= 0.6 is 11.6 Å². The average molecular weight is 234 g/mol. The first-order valence-corrected chi connectivity index (χ1v) is 5.13. The Hall–Kier alpha value is 0.0295. The fourth-order valence-electron chi connectivity index (χ4n) is 0.921. The monoisotopic (exact) mass is 234 g/mol. The molecular formula is C9H11ClSe. The van der Waals surface area contributed by atoms with Crippen LogP contribution in [0.2, 0.25) is 5.02 Å². The minimum absolute atomic E-state index is 0.583. The molecule has 0 bridgehead atoms. The summed E-state index contributed by atoms with van der Waals surface area (Å²) in [5.74, 6) is 0. The Labute approximate surface area is 80.8 Å². The van der Waals surface area contributed by atoms with Gasteiger partial charge in [-0.25, -0.2) is 0 Å². The summed E-state index contributed by atoms with van der Waals surface area (Å²) in [6, 6.07) is 8.03. The Bertz CT molecular complexity index is 218. The van der Waals surface area contributed by atoms with Crippen molar-refractivity contribution in [2.75, 3.05) is 0 Å². The Morgan fingerprint density at radius 2 is 1.91 bits per heavy atom. The van der Waals surface area contributed by atoms with Crippen molar-refractivity contribution >= 4 is 27.6 Å². The predicted molar refractivity (Wildman–Crippen MR) is 51.6 cm³/mol. The quantitative estimate of drug-likeness (QED) is 0.689. The molecule has 0 aliphatic carbocycles. The third-order valence-corrected chi connectivity index (χ3v) is 3.29. The molecule has 11 heavy (non-hydrogen) atoms. The third kappa shape index (κ3) is 2.52. The number of halogens is 1. The van der Waals surface area contributed by atoms with Crippen LogP contribution in [0.15, 0.2) is 24.3 Å². The zero-order valence-electron chi connectivity index (χ0n) is 6.42. The maximum absolute atomic E-state index is 5.75. The van der Waals surface area contributed by atoms with Crippen molar-refractivity contribution in [3.05, 3.63) is 34.9 Å². The van der Waals surface area contributed by atoms with Crippen LogP contribution in [0, 0.1) is 0 Å². The second-order valence-corrected chi connectivity index (χ2v) is 4.22. The topological polar surface area (TPSA) is 0 Å². The van der Waals surface area contributed by atoms with Gasteiger partial charge in [0.2, 0.25) is 0 Å². The van der Waals surface area contributed by atoms with Gasteiger partial charge in [0.15, 0.2) is 0 Å². The first-order valence-electron chi connectivity index (χ1n) is 3.67. The summed E-state index contributed by atoms with van der Waals surface area (Å²) < 4.78 is 0. The SMILES string of the molecule is CCC([SeH])c1ccc(Cl)cc1. The van der Waals surface area contributed by atoms with E-state index in [-0.39, 0.29) is 0 Å². The second-order valence-electron chi connectivity index (χ2n) is 2.48. The molecule has 0 saturated heterocycles. The second kappa shape index (κ2) is 4.15. The normalized spacial score (nSPS) is 13.0. The molecule has 0 N–H and O–H groups in total. The first-order chi connectivity index (χ1) is 5.24. The van der Waals surface area contributed by atoms with Crippen LogP contribution in [-0.2, 0) is 0 Å². The molecule has 0 fully saturated rings. The molecule has 1 aromatic carbocycles. The van der Waals surface area contributed by atoms with Gasteiger partial charge in [-0.15, -0.1) is 0 Å². The zero-order valence-corrected chi connectivity index (χ0v) is 9.05. The fraction of sp³-hybridized carbons (Fsp3) is 0.333. The summed E-state index contributed by atoms with van der Waals surface area (Å²) in [7, 11) is 0. The van der Waals surface area contributed by atoms with Crippen molar-refractivity contribution in [1.29, 1.82) is 0 Å². The van der Waals surface area contributed by atoms with Crippen molar-refractivity contribution in [2.24, 2.45) is 0 Å². The average Bonchev–Trinajstić information content (AvgIpc) is 2.05. The first kappa shape index (κ1) is 9.12. The maximum atomic E-state index is 5.75. The summed E-state index contributed by atoms with van der Waals surface area (Å²) >= 11 is 8.43. The van der Waals surface area contributed by atoms with E-state index in [0.29, 0.717) is 4.82 Å². The molecular weight excluding hydrogens is 223 g/mol. The van der Waals surface area contributed by atoms with Gasteiger partial charge >= 0.3 is 80.6 Å². The fourth-order valence-corrected chi connectivity index (χ4v) is 1.41. The van der Waals surface area contributed by atoms with Crippen molar-refractivity contribution < 1.29 is 0 Å². The number of hydrogen-bond acceptors (Lipinski definition) is 0. The predicted octanol–water partition coefficient (Wildman–Crippen LogP) is 2.69. The molecule has 0 aromatic heterocycles. The van der Waals surface area contributed by atoms with E-state index >= 15 is 0 Å². The van der Waals surface area contributed by atoms with Gasteiger partial charge in [-0.3, -0.25) is 0 Å². The molecule has 0 aliphatic rings. The Kier molecular flexibility index (Phi) is 3.44. The standard InChI is InChI=1S/C9H11ClSe/c1-2-9(11)7-3-5-8(10)6-4-7/h3-6,9,11H,2H2,1H3. The van der Waals surface area contributed by atoms with Gasteiger partial charge in [-0.05, 0) is 0 Å². The number of rotatable bonds is 2. The molecule has 60 valence electrons. The summed E-state index contributed by atoms with van der Waals surface area (Å²) in [5, 5.41) is 0.810. The van der Waals surface area contributed by atoms with E-state index in [0.717, 1.165) is 11.4 Å². The molecule has 2 heteroatoms. The molecule has 0 heterocycles. The summed E-state index contributed by atoms with van der Waals surface area (Å²) in [6.07, 6.45) is 1.15. The summed E-state index contributed by atoms with van der Waals surface area (Å²) in [5.41, 5.74) is 1.34. The van der Waals surface area contributed by atoms with Crippen LogP contribution in [0.4, 0.5) is 0 Å². The molecule has 1 unspecified atom stereocenters. The van der Waals surface area contributed by atoms with Crippen LogP contribution in [0.25, 0.3) is 0 Å². The van der Waals surface area contributed by atoms with Crippen LogP contribution < -0.4 is 0 Å². The van der Waals surface area contributed by atoms with Crippen LogP contribution in [-0.4, -0.2) is 16.0 Å².